The topological polar surface area (TPSA) is 57.5 Å². The third-order valence-electron chi connectivity index (χ3n) is 2.87. The van der Waals surface area contributed by atoms with E-state index in [-0.39, 0.29) is 24.4 Å². The number of aliphatic hydroxyl groups is 1. The average molecular weight is 172 g/mol. The summed E-state index contributed by atoms with van der Waals surface area (Å²) in [5.74, 6) is -0.885. The fourth-order valence-corrected chi connectivity index (χ4v) is 2.18. The van der Waals surface area contributed by atoms with Crippen molar-refractivity contribution in [1.82, 2.24) is 0 Å². The summed E-state index contributed by atoms with van der Waals surface area (Å²) in [4.78, 5) is 10.8. The maximum atomic E-state index is 10.8. The largest absolute Gasteiger partial charge is 0.481 e. The number of carboxylic acid groups (broad SMARTS) is 1. The van der Waals surface area contributed by atoms with E-state index in [1.807, 2.05) is 6.92 Å². The zero-order chi connectivity index (χ0) is 9.14. The standard InChI is InChI=1S/C9H16O3/c1-6-3-2-4-7(5-10)8(6)9(11)12/h6-8,10H,2-5H2,1H3,(H,11,12)/t6-,7-,8-/m1/s1. The summed E-state index contributed by atoms with van der Waals surface area (Å²) in [5, 5.41) is 17.9. The Morgan fingerprint density at radius 2 is 2.17 bits per heavy atom. The average Bonchev–Trinajstić information content (AvgIpc) is 2.03. The molecule has 0 amide bonds. The van der Waals surface area contributed by atoms with Gasteiger partial charge in [0.1, 0.15) is 0 Å². The minimum atomic E-state index is -0.749. The Kier molecular flexibility index (Phi) is 3.09. The third-order valence-corrected chi connectivity index (χ3v) is 2.87. The lowest BCUT2D eigenvalue weighted by Crippen LogP contribution is -2.34. The van der Waals surface area contributed by atoms with Crippen LogP contribution in [0.25, 0.3) is 0 Å². The molecule has 0 spiro atoms. The van der Waals surface area contributed by atoms with Gasteiger partial charge in [-0.25, -0.2) is 0 Å². The van der Waals surface area contributed by atoms with Gasteiger partial charge in [0.05, 0.1) is 5.92 Å². The van der Waals surface area contributed by atoms with Crippen LogP contribution in [0.4, 0.5) is 0 Å². The summed E-state index contributed by atoms with van der Waals surface area (Å²) in [6.45, 7) is 1.97. The second-order valence-electron chi connectivity index (χ2n) is 3.71. The molecule has 0 aliphatic heterocycles. The van der Waals surface area contributed by atoms with Gasteiger partial charge in [0.15, 0.2) is 0 Å². The highest BCUT2D eigenvalue weighted by Gasteiger charge is 2.35. The summed E-state index contributed by atoms with van der Waals surface area (Å²) in [7, 11) is 0. The molecule has 0 saturated heterocycles. The number of hydrogen-bond acceptors (Lipinski definition) is 2. The molecule has 2 N–H and O–H groups in total. The second-order valence-corrected chi connectivity index (χ2v) is 3.71. The fraction of sp³-hybridized carbons (Fsp3) is 0.889. The lowest BCUT2D eigenvalue weighted by Gasteiger charge is -2.32. The van der Waals surface area contributed by atoms with Crippen LogP contribution in [0.2, 0.25) is 0 Å². The van der Waals surface area contributed by atoms with E-state index in [1.165, 1.54) is 0 Å². The van der Waals surface area contributed by atoms with Gasteiger partial charge in [-0.1, -0.05) is 13.3 Å². The smallest absolute Gasteiger partial charge is 0.307 e. The lowest BCUT2D eigenvalue weighted by molar-refractivity contribution is -0.148. The van der Waals surface area contributed by atoms with Gasteiger partial charge in [-0.05, 0) is 24.7 Å². The number of aliphatic hydroxyl groups excluding tert-OH is 1. The molecule has 1 aliphatic carbocycles. The van der Waals surface area contributed by atoms with E-state index in [2.05, 4.69) is 0 Å². The highest BCUT2D eigenvalue weighted by Crippen LogP contribution is 2.34. The predicted molar refractivity (Wildman–Crippen MR) is 44.7 cm³/mol. The summed E-state index contributed by atoms with van der Waals surface area (Å²) in [6.07, 6.45) is 2.89. The van der Waals surface area contributed by atoms with Crippen LogP contribution in [0, 0.1) is 17.8 Å². The van der Waals surface area contributed by atoms with E-state index >= 15 is 0 Å². The van der Waals surface area contributed by atoms with Gasteiger partial charge < -0.3 is 10.2 Å². The van der Waals surface area contributed by atoms with E-state index in [0.717, 1.165) is 19.3 Å². The maximum Gasteiger partial charge on any atom is 0.307 e. The molecule has 70 valence electrons. The molecule has 0 bridgehead atoms. The summed E-state index contributed by atoms with van der Waals surface area (Å²) < 4.78 is 0. The van der Waals surface area contributed by atoms with Gasteiger partial charge in [0, 0.05) is 6.61 Å². The fourth-order valence-electron chi connectivity index (χ4n) is 2.18. The zero-order valence-electron chi connectivity index (χ0n) is 7.36. The van der Waals surface area contributed by atoms with Gasteiger partial charge in [-0.3, -0.25) is 4.79 Å². The first-order chi connectivity index (χ1) is 5.66. The van der Waals surface area contributed by atoms with Crippen LogP contribution in [-0.2, 0) is 4.79 Å². The van der Waals surface area contributed by atoms with Crippen LogP contribution in [0.1, 0.15) is 26.2 Å². The second kappa shape index (κ2) is 3.90. The molecule has 0 heterocycles. The van der Waals surface area contributed by atoms with Crippen molar-refractivity contribution in [1.29, 1.82) is 0 Å². The van der Waals surface area contributed by atoms with Crippen LogP contribution in [-0.4, -0.2) is 22.8 Å². The van der Waals surface area contributed by atoms with E-state index in [4.69, 9.17) is 10.2 Å². The number of hydrogen-bond donors (Lipinski definition) is 2. The van der Waals surface area contributed by atoms with Gasteiger partial charge in [0.25, 0.3) is 0 Å². The minimum Gasteiger partial charge on any atom is -0.481 e. The molecule has 1 saturated carbocycles. The molecule has 3 heteroatoms. The Morgan fingerprint density at radius 3 is 2.58 bits per heavy atom. The molecule has 0 aromatic rings. The van der Waals surface area contributed by atoms with Gasteiger partial charge >= 0.3 is 5.97 Å². The lowest BCUT2D eigenvalue weighted by atomic mass is 9.73. The van der Waals surface area contributed by atoms with Gasteiger partial charge in [0.2, 0.25) is 0 Å². The van der Waals surface area contributed by atoms with E-state index in [1.54, 1.807) is 0 Å². The van der Waals surface area contributed by atoms with Crippen LogP contribution in [0.5, 0.6) is 0 Å². The Bertz CT molecular complexity index is 167. The number of rotatable bonds is 2. The van der Waals surface area contributed by atoms with Crippen molar-refractivity contribution in [2.45, 2.75) is 26.2 Å². The van der Waals surface area contributed by atoms with Crippen molar-refractivity contribution < 1.29 is 15.0 Å². The molecule has 0 radical (unpaired) electrons. The first kappa shape index (κ1) is 9.52. The molecular weight excluding hydrogens is 156 g/mol. The molecule has 0 aromatic carbocycles. The van der Waals surface area contributed by atoms with Crippen LogP contribution >= 0.6 is 0 Å². The van der Waals surface area contributed by atoms with Crippen molar-refractivity contribution >= 4 is 5.97 Å². The molecule has 1 rings (SSSR count). The van der Waals surface area contributed by atoms with E-state index < -0.39 is 5.97 Å². The normalized spacial score (nSPS) is 36.3. The molecule has 1 fully saturated rings. The molecule has 1 aliphatic rings. The summed E-state index contributed by atoms with van der Waals surface area (Å²) in [5.41, 5.74) is 0. The number of carboxylic acids is 1. The highest BCUT2D eigenvalue weighted by molar-refractivity contribution is 5.70. The number of aliphatic carboxylic acids is 1. The van der Waals surface area contributed by atoms with Gasteiger partial charge in [-0.15, -0.1) is 0 Å². The Morgan fingerprint density at radius 1 is 1.50 bits per heavy atom. The molecule has 3 nitrogen and oxygen atoms in total. The maximum absolute atomic E-state index is 10.8. The third kappa shape index (κ3) is 1.78. The molecule has 12 heavy (non-hydrogen) atoms. The molecular formula is C9H16O3. The Hall–Kier alpha value is -0.570. The predicted octanol–water partition coefficient (Wildman–Crippen LogP) is 1.12. The van der Waals surface area contributed by atoms with E-state index in [0.29, 0.717) is 0 Å². The van der Waals surface area contributed by atoms with Crippen molar-refractivity contribution in [3.8, 4) is 0 Å². The van der Waals surface area contributed by atoms with Crippen LogP contribution in [0.15, 0.2) is 0 Å². The van der Waals surface area contributed by atoms with Crippen molar-refractivity contribution in [2.75, 3.05) is 6.61 Å². The molecule has 0 unspecified atom stereocenters. The minimum absolute atomic E-state index is 0.0152. The Labute approximate surface area is 72.4 Å². The quantitative estimate of drug-likeness (QED) is 0.656. The SMILES string of the molecule is C[C@@H]1CCC[C@H](CO)[C@@H]1C(=O)O. The first-order valence-electron chi connectivity index (χ1n) is 4.50. The van der Waals surface area contributed by atoms with Crippen molar-refractivity contribution in [3.05, 3.63) is 0 Å². The van der Waals surface area contributed by atoms with E-state index in [9.17, 15) is 4.79 Å². The molecule has 0 aromatic heterocycles. The van der Waals surface area contributed by atoms with Crippen molar-refractivity contribution in [3.63, 3.8) is 0 Å². The Balaban J connectivity index is 2.66. The first-order valence-corrected chi connectivity index (χ1v) is 4.50. The van der Waals surface area contributed by atoms with Crippen LogP contribution in [0.3, 0.4) is 0 Å². The summed E-state index contributed by atoms with van der Waals surface area (Å²) >= 11 is 0. The monoisotopic (exact) mass is 172 g/mol. The number of carbonyl (C=O) groups is 1. The molecule has 3 atom stereocenters. The van der Waals surface area contributed by atoms with Gasteiger partial charge in [-0.2, -0.15) is 0 Å². The highest BCUT2D eigenvalue weighted by atomic mass is 16.4. The summed E-state index contributed by atoms with van der Waals surface area (Å²) in [6, 6.07) is 0. The van der Waals surface area contributed by atoms with Crippen LogP contribution < -0.4 is 0 Å². The van der Waals surface area contributed by atoms with Crippen molar-refractivity contribution in [2.24, 2.45) is 17.8 Å². The zero-order valence-corrected chi connectivity index (χ0v) is 7.36.